The molecule has 2 saturated heterocycles. The van der Waals surface area contributed by atoms with Crippen molar-refractivity contribution in [3.05, 3.63) is 24.3 Å². The molecule has 3 rings (SSSR count). The molecule has 0 spiro atoms. The maximum atomic E-state index is 10.4. The molecule has 2 aliphatic heterocycles. The van der Waals surface area contributed by atoms with E-state index >= 15 is 0 Å². The van der Waals surface area contributed by atoms with E-state index < -0.39 is 30.0 Å². The van der Waals surface area contributed by atoms with E-state index in [4.69, 9.17) is 0 Å². The van der Waals surface area contributed by atoms with Crippen LogP contribution in [-0.4, -0.2) is 88.3 Å². The minimum absolute atomic E-state index is 0.579. The predicted molar refractivity (Wildman–Crippen MR) is 114 cm³/mol. The van der Waals surface area contributed by atoms with Gasteiger partial charge < -0.3 is 18.1 Å². The molecule has 2 heterocycles. The molecule has 0 aromatic heterocycles. The van der Waals surface area contributed by atoms with Crippen LogP contribution in [0.25, 0.3) is 0 Å². The Hall–Kier alpha value is -1.04. The normalized spacial score (nSPS) is 19.9. The van der Waals surface area contributed by atoms with Crippen molar-refractivity contribution < 1.29 is 34.9 Å². The molecule has 30 heavy (non-hydrogen) atoms. The summed E-state index contributed by atoms with van der Waals surface area (Å²) < 4.78 is 65.1. The maximum absolute atomic E-state index is 10.4. The van der Waals surface area contributed by atoms with Crippen molar-refractivity contribution in [2.75, 3.05) is 53.4 Å². The first kappa shape index (κ1) is 27.0. The highest BCUT2D eigenvalue weighted by Crippen LogP contribution is 2.15. The molecule has 0 saturated carbocycles. The monoisotopic (exact) mass is 464 g/mol. The summed E-state index contributed by atoms with van der Waals surface area (Å²) in [5, 5.41) is 0. The van der Waals surface area contributed by atoms with Gasteiger partial charge in [-0.15, -0.1) is 0 Å². The van der Waals surface area contributed by atoms with Gasteiger partial charge in [0.2, 0.25) is 0 Å². The summed E-state index contributed by atoms with van der Waals surface area (Å²) in [7, 11) is -4.52. The molecule has 10 heteroatoms. The molecule has 2 fully saturated rings. The molecule has 0 N–H and O–H groups in total. The summed E-state index contributed by atoms with van der Waals surface area (Å²) in [4.78, 5) is -1.16. The van der Waals surface area contributed by atoms with Crippen molar-refractivity contribution in [1.29, 1.82) is 0 Å². The van der Waals surface area contributed by atoms with Crippen LogP contribution >= 0.6 is 0 Å². The Morgan fingerprint density at radius 3 is 1.03 bits per heavy atom. The van der Waals surface area contributed by atoms with Gasteiger partial charge in [0.15, 0.2) is 0 Å². The van der Waals surface area contributed by atoms with E-state index in [0.717, 1.165) is 24.3 Å². The molecule has 8 nitrogen and oxygen atoms in total. The summed E-state index contributed by atoms with van der Waals surface area (Å²) in [5.74, 6) is 0. The largest absolute Gasteiger partial charge is 0.744 e. The highest BCUT2D eigenvalue weighted by molar-refractivity contribution is 7.86. The fraction of sp³-hybridized carbons (Fsp3) is 0.700. The zero-order valence-electron chi connectivity index (χ0n) is 18.5. The Kier molecular flexibility index (Phi) is 9.91. The molecular weight excluding hydrogens is 428 g/mol. The Balaban J connectivity index is 0.000000240. The standard InChI is InChI=1S/2C7H16N.C6H6O6S2/c2*1-3-8(2)6-4-5-7-8;7-13(8,9)5-1-2-6(4-3-5)14(10,11)12/h2*3-7H2,1-2H3;1-4H,(H,7,8,9)(H,10,11,12)/q2*+1;/p-2. The van der Waals surface area contributed by atoms with Crippen molar-refractivity contribution >= 4 is 20.2 Å². The van der Waals surface area contributed by atoms with Gasteiger partial charge >= 0.3 is 0 Å². The molecule has 0 aliphatic carbocycles. The van der Waals surface area contributed by atoms with Gasteiger partial charge in [0.1, 0.15) is 20.2 Å². The van der Waals surface area contributed by atoms with Crippen LogP contribution in [0.3, 0.4) is 0 Å². The first-order valence-electron chi connectivity index (χ1n) is 10.4. The van der Waals surface area contributed by atoms with E-state index in [-0.39, 0.29) is 0 Å². The van der Waals surface area contributed by atoms with Crippen molar-refractivity contribution in [2.45, 2.75) is 49.3 Å². The molecule has 1 aromatic rings. The lowest BCUT2D eigenvalue weighted by Crippen LogP contribution is -2.40. The Labute approximate surface area is 182 Å². The van der Waals surface area contributed by atoms with E-state index in [1.165, 1.54) is 73.9 Å². The lowest BCUT2D eigenvalue weighted by atomic mass is 10.4. The van der Waals surface area contributed by atoms with Crippen LogP contribution in [0.4, 0.5) is 0 Å². The van der Waals surface area contributed by atoms with Crippen LogP contribution in [0.5, 0.6) is 0 Å². The number of quaternary nitrogens is 2. The summed E-state index contributed by atoms with van der Waals surface area (Å²) in [6.07, 6.45) is 5.80. The van der Waals surface area contributed by atoms with Gasteiger partial charge in [-0.2, -0.15) is 0 Å². The summed E-state index contributed by atoms with van der Waals surface area (Å²) in [6.45, 7) is 12.9. The molecule has 0 atom stereocenters. The highest BCUT2D eigenvalue weighted by atomic mass is 32.2. The van der Waals surface area contributed by atoms with Crippen LogP contribution in [-0.2, 0) is 20.2 Å². The minimum Gasteiger partial charge on any atom is -0.744 e. The van der Waals surface area contributed by atoms with Gasteiger partial charge in [0, 0.05) is 25.7 Å². The Bertz CT molecular complexity index is 782. The van der Waals surface area contributed by atoms with E-state index in [1.54, 1.807) is 0 Å². The molecule has 1 aromatic carbocycles. The van der Waals surface area contributed by atoms with Gasteiger partial charge in [0.25, 0.3) is 0 Å². The summed E-state index contributed by atoms with van der Waals surface area (Å²) >= 11 is 0. The number of hydrogen-bond donors (Lipinski definition) is 0. The van der Waals surface area contributed by atoms with E-state index in [9.17, 15) is 25.9 Å². The van der Waals surface area contributed by atoms with E-state index in [1.807, 2.05) is 0 Å². The van der Waals surface area contributed by atoms with Gasteiger partial charge in [-0.1, -0.05) is 0 Å². The van der Waals surface area contributed by atoms with Gasteiger partial charge in [-0.05, 0) is 38.1 Å². The average molecular weight is 465 g/mol. The van der Waals surface area contributed by atoms with Crippen LogP contribution in [0.1, 0.15) is 39.5 Å². The fourth-order valence-electron chi connectivity index (χ4n) is 3.60. The van der Waals surface area contributed by atoms with E-state index in [0.29, 0.717) is 0 Å². The lowest BCUT2D eigenvalue weighted by molar-refractivity contribution is -0.895. The van der Waals surface area contributed by atoms with Gasteiger partial charge in [-0.3, -0.25) is 0 Å². The Morgan fingerprint density at radius 2 is 0.900 bits per heavy atom. The second-order valence-electron chi connectivity index (χ2n) is 8.56. The number of rotatable bonds is 4. The van der Waals surface area contributed by atoms with Crippen LogP contribution in [0.2, 0.25) is 0 Å². The molecular formula is C20H36N2O6S2. The molecule has 0 unspecified atom stereocenters. The minimum atomic E-state index is -4.61. The quantitative estimate of drug-likeness (QED) is 0.497. The van der Waals surface area contributed by atoms with Crippen molar-refractivity contribution in [3.63, 3.8) is 0 Å². The first-order chi connectivity index (χ1) is 13.7. The maximum Gasteiger partial charge on any atom is 0.124 e. The lowest BCUT2D eigenvalue weighted by Gasteiger charge is -2.26. The van der Waals surface area contributed by atoms with Crippen molar-refractivity contribution in [1.82, 2.24) is 0 Å². The van der Waals surface area contributed by atoms with Gasteiger partial charge in [0.05, 0.1) is 63.2 Å². The van der Waals surface area contributed by atoms with Crippen molar-refractivity contribution in [3.8, 4) is 0 Å². The molecule has 0 amide bonds. The Morgan fingerprint density at radius 1 is 0.667 bits per heavy atom. The zero-order valence-corrected chi connectivity index (χ0v) is 20.2. The zero-order chi connectivity index (χ0) is 23.1. The van der Waals surface area contributed by atoms with E-state index in [2.05, 4.69) is 27.9 Å². The van der Waals surface area contributed by atoms with Crippen LogP contribution in [0, 0.1) is 0 Å². The second-order valence-corrected chi connectivity index (χ2v) is 11.3. The summed E-state index contributed by atoms with van der Waals surface area (Å²) in [5.41, 5.74) is 0. The first-order valence-corrected chi connectivity index (χ1v) is 13.3. The third-order valence-electron chi connectivity index (χ3n) is 6.22. The number of nitrogens with zero attached hydrogens (tertiary/aromatic N) is 2. The van der Waals surface area contributed by atoms with Crippen LogP contribution in [0.15, 0.2) is 34.1 Å². The van der Waals surface area contributed by atoms with Crippen LogP contribution < -0.4 is 0 Å². The molecule has 2 aliphatic rings. The molecule has 0 bridgehead atoms. The predicted octanol–water partition coefficient (Wildman–Crippen LogP) is 1.99. The third kappa shape index (κ3) is 8.99. The molecule has 174 valence electrons. The smallest absolute Gasteiger partial charge is 0.124 e. The topological polar surface area (TPSA) is 114 Å². The van der Waals surface area contributed by atoms with Crippen molar-refractivity contribution in [2.24, 2.45) is 0 Å². The number of benzene rings is 1. The SMILES string of the molecule is CC[N+]1(C)CCCC1.CC[N+]1(C)CCCC1.O=S(=O)([O-])c1ccc(S(=O)(=O)[O-])cc1. The highest BCUT2D eigenvalue weighted by Gasteiger charge is 2.24. The average Bonchev–Trinajstić information content (AvgIpc) is 3.31. The van der Waals surface area contributed by atoms with Gasteiger partial charge in [-0.25, -0.2) is 16.8 Å². The summed E-state index contributed by atoms with van der Waals surface area (Å²) in [6, 6.07) is 3.08. The third-order valence-corrected chi connectivity index (χ3v) is 7.92. The number of hydrogen-bond acceptors (Lipinski definition) is 6. The molecule has 0 radical (unpaired) electrons. The second kappa shape index (κ2) is 11.0. The number of likely N-dealkylation sites (tertiary alicyclic amines) is 2. The fourth-order valence-corrected chi connectivity index (χ4v) is 4.54.